The van der Waals surface area contributed by atoms with Gasteiger partial charge in [-0.25, -0.2) is 0 Å². The average molecular weight is 316 g/mol. The first-order valence-corrected chi connectivity index (χ1v) is 8.16. The summed E-state index contributed by atoms with van der Waals surface area (Å²) in [5.41, 5.74) is 4.19. The lowest BCUT2D eigenvalue weighted by atomic mass is 9.90. The Kier molecular flexibility index (Phi) is 5.07. The monoisotopic (exact) mass is 316 g/mol. The van der Waals surface area contributed by atoms with E-state index < -0.39 is 5.92 Å². The molecule has 0 unspecified atom stereocenters. The maximum atomic E-state index is 12.5. The van der Waals surface area contributed by atoms with Crippen LogP contribution in [-0.4, -0.2) is 12.6 Å². The smallest absolute Gasteiger partial charge is 0.317 e. The molecule has 0 saturated heterocycles. The Bertz CT molecular complexity index is 777. The Morgan fingerprint density at radius 1 is 0.750 bits per heavy atom. The van der Waals surface area contributed by atoms with Crippen LogP contribution in [0, 0.1) is 0 Å². The summed E-state index contributed by atoms with van der Waals surface area (Å²) in [5, 5.41) is 0. The van der Waals surface area contributed by atoms with Gasteiger partial charge in [0.15, 0.2) is 0 Å². The van der Waals surface area contributed by atoms with Gasteiger partial charge in [0.2, 0.25) is 0 Å². The quantitative estimate of drug-likeness (QED) is 0.616. The first-order chi connectivity index (χ1) is 11.8. The fourth-order valence-corrected chi connectivity index (χ4v) is 2.83. The lowest BCUT2D eigenvalue weighted by molar-refractivity contribution is -0.143. The molecule has 0 amide bonds. The van der Waals surface area contributed by atoms with Crippen LogP contribution < -0.4 is 0 Å². The van der Waals surface area contributed by atoms with Crippen LogP contribution in [0.3, 0.4) is 0 Å². The van der Waals surface area contributed by atoms with Crippen molar-refractivity contribution in [3.63, 3.8) is 0 Å². The molecule has 2 heteroatoms. The van der Waals surface area contributed by atoms with Crippen molar-refractivity contribution < 1.29 is 9.53 Å². The highest BCUT2D eigenvalue weighted by Gasteiger charge is 2.23. The summed E-state index contributed by atoms with van der Waals surface area (Å²) in [7, 11) is 0. The zero-order chi connectivity index (χ0) is 16.8. The fraction of sp³-hybridized carbons (Fsp3) is 0.136. The molecule has 0 aromatic heterocycles. The molecule has 0 heterocycles. The summed E-state index contributed by atoms with van der Waals surface area (Å²) in [6, 6.07) is 28.1. The molecule has 0 saturated carbocycles. The largest absolute Gasteiger partial charge is 0.465 e. The van der Waals surface area contributed by atoms with E-state index in [0.29, 0.717) is 6.61 Å². The van der Waals surface area contributed by atoms with Crippen LogP contribution in [0.1, 0.15) is 24.0 Å². The third-order valence-corrected chi connectivity index (χ3v) is 4.01. The van der Waals surface area contributed by atoms with Crippen LogP contribution in [-0.2, 0) is 9.53 Å². The third kappa shape index (κ3) is 3.54. The van der Waals surface area contributed by atoms with Crippen LogP contribution in [0.4, 0.5) is 0 Å². The van der Waals surface area contributed by atoms with E-state index in [2.05, 4.69) is 24.3 Å². The Balaban J connectivity index is 1.95. The fourth-order valence-electron chi connectivity index (χ4n) is 2.83. The molecule has 0 aliphatic rings. The first kappa shape index (κ1) is 16.0. The predicted molar refractivity (Wildman–Crippen MR) is 96.8 cm³/mol. The summed E-state index contributed by atoms with van der Waals surface area (Å²) in [5.74, 6) is -0.605. The maximum absolute atomic E-state index is 12.5. The normalized spacial score (nSPS) is 11.7. The lowest BCUT2D eigenvalue weighted by Crippen LogP contribution is -2.17. The SMILES string of the molecule is CCOC(=O)[C@H](c1ccccc1)c1ccc(-c2ccccc2)cc1. The molecule has 0 bridgehead atoms. The Morgan fingerprint density at radius 3 is 1.83 bits per heavy atom. The molecular formula is C22H20O2. The summed E-state index contributed by atoms with van der Waals surface area (Å²) < 4.78 is 5.29. The lowest BCUT2D eigenvalue weighted by Gasteiger charge is -2.17. The summed E-state index contributed by atoms with van der Waals surface area (Å²) >= 11 is 0. The van der Waals surface area contributed by atoms with E-state index >= 15 is 0 Å². The van der Waals surface area contributed by atoms with Crippen molar-refractivity contribution in [2.75, 3.05) is 6.61 Å². The molecule has 0 radical (unpaired) electrons. The van der Waals surface area contributed by atoms with Crippen molar-refractivity contribution in [2.24, 2.45) is 0 Å². The van der Waals surface area contributed by atoms with Gasteiger partial charge in [-0.1, -0.05) is 84.9 Å². The van der Waals surface area contributed by atoms with Gasteiger partial charge in [0.05, 0.1) is 6.61 Å². The predicted octanol–water partition coefficient (Wildman–Crippen LogP) is 5.05. The highest BCUT2D eigenvalue weighted by Crippen LogP contribution is 2.28. The minimum absolute atomic E-state index is 0.212. The zero-order valence-corrected chi connectivity index (χ0v) is 13.7. The second-order valence-electron chi connectivity index (χ2n) is 5.58. The van der Waals surface area contributed by atoms with Gasteiger partial charge in [-0.05, 0) is 29.2 Å². The minimum Gasteiger partial charge on any atom is -0.465 e. The van der Waals surface area contributed by atoms with Crippen LogP contribution in [0.25, 0.3) is 11.1 Å². The molecule has 3 aromatic carbocycles. The van der Waals surface area contributed by atoms with E-state index in [1.165, 1.54) is 0 Å². The van der Waals surface area contributed by atoms with Crippen molar-refractivity contribution in [1.29, 1.82) is 0 Å². The van der Waals surface area contributed by atoms with Gasteiger partial charge in [0.1, 0.15) is 5.92 Å². The standard InChI is InChI=1S/C22H20O2/c1-2-24-22(23)21(19-11-7-4-8-12-19)20-15-13-18(14-16-20)17-9-5-3-6-10-17/h3-16,21H,2H2,1H3/t21-/m1/s1. The Labute approximate surface area is 142 Å². The van der Waals surface area contributed by atoms with Crippen LogP contribution >= 0.6 is 0 Å². The number of rotatable bonds is 5. The van der Waals surface area contributed by atoms with Crippen LogP contribution in [0.15, 0.2) is 84.9 Å². The molecule has 0 aliphatic carbocycles. The highest BCUT2D eigenvalue weighted by atomic mass is 16.5. The number of benzene rings is 3. The number of esters is 1. The molecule has 0 fully saturated rings. The van der Waals surface area contributed by atoms with Gasteiger partial charge in [-0.15, -0.1) is 0 Å². The van der Waals surface area contributed by atoms with Gasteiger partial charge < -0.3 is 4.74 Å². The molecule has 24 heavy (non-hydrogen) atoms. The van der Waals surface area contributed by atoms with Crippen molar-refractivity contribution in [2.45, 2.75) is 12.8 Å². The van der Waals surface area contributed by atoms with Gasteiger partial charge in [0, 0.05) is 0 Å². The van der Waals surface area contributed by atoms with Crippen LogP contribution in [0.5, 0.6) is 0 Å². The summed E-state index contributed by atoms with van der Waals surface area (Å²) in [4.78, 5) is 12.5. The van der Waals surface area contributed by atoms with Crippen molar-refractivity contribution in [1.82, 2.24) is 0 Å². The number of carbonyl (C=O) groups is 1. The number of hydrogen-bond donors (Lipinski definition) is 0. The number of carbonyl (C=O) groups excluding carboxylic acids is 1. The van der Waals surface area contributed by atoms with E-state index in [9.17, 15) is 4.79 Å². The van der Waals surface area contributed by atoms with Gasteiger partial charge in [-0.3, -0.25) is 4.79 Å². The average Bonchev–Trinajstić information content (AvgIpc) is 2.64. The summed E-state index contributed by atoms with van der Waals surface area (Å²) in [6.07, 6.45) is 0. The third-order valence-electron chi connectivity index (χ3n) is 4.01. The molecule has 2 nitrogen and oxygen atoms in total. The van der Waals surface area contributed by atoms with E-state index in [1.54, 1.807) is 0 Å². The van der Waals surface area contributed by atoms with E-state index in [4.69, 9.17) is 4.74 Å². The second-order valence-corrected chi connectivity index (χ2v) is 5.58. The van der Waals surface area contributed by atoms with Crippen LogP contribution in [0.2, 0.25) is 0 Å². The number of hydrogen-bond acceptors (Lipinski definition) is 2. The van der Waals surface area contributed by atoms with E-state index in [1.807, 2.05) is 67.6 Å². The first-order valence-electron chi connectivity index (χ1n) is 8.16. The molecule has 1 atom stereocenters. The van der Waals surface area contributed by atoms with E-state index in [-0.39, 0.29) is 5.97 Å². The molecule has 120 valence electrons. The molecule has 0 spiro atoms. The zero-order valence-electron chi connectivity index (χ0n) is 13.7. The molecule has 0 aliphatic heterocycles. The van der Waals surface area contributed by atoms with Crippen molar-refractivity contribution >= 4 is 5.97 Å². The van der Waals surface area contributed by atoms with Crippen molar-refractivity contribution in [3.05, 3.63) is 96.1 Å². The van der Waals surface area contributed by atoms with E-state index in [0.717, 1.165) is 22.3 Å². The topological polar surface area (TPSA) is 26.3 Å². The maximum Gasteiger partial charge on any atom is 0.317 e. The highest BCUT2D eigenvalue weighted by molar-refractivity contribution is 5.82. The van der Waals surface area contributed by atoms with Gasteiger partial charge in [-0.2, -0.15) is 0 Å². The molecular weight excluding hydrogens is 296 g/mol. The number of ether oxygens (including phenoxy) is 1. The molecule has 0 N–H and O–H groups in total. The summed E-state index contributed by atoms with van der Waals surface area (Å²) in [6.45, 7) is 2.21. The molecule has 3 aromatic rings. The minimum atomic E-state index is -0.393. The molecule has 3 rings (SSSR count). The van der Waals surface area contributed by atoms with Crippen molar-refractivity contribution in [3.8, 4) is 11.1 Å². The second kappa shape index (κ2) is 7.60. The van der Waals surface area contributed by atoms with Gasteiger partial charge >= 0.3 is 5.97 Å². The van der Waals surface area contributed by atoms with Gasteiger partial charge in [0.25, 0.3) is 0 Å². The Morgan fingerprint density at radius 2 is 1.25 bits per heavy atom. The Hall–Kier alpha value is -2.87.